The molecule has 122 valence electrons. The van der Waals surface area contributed by atoms with Gasteiger partial charge in [-0.25, -0.2) is 0 Å². The van der Waals surface area contributed by atoms with Crippen LogP contribution >= 0.6 is 0 Å². The number of nitrogens with one attached hydrogen (secondary N) is 1. The minimum atomic E-state index is -0.988. The van der Waals surface area contributed by atoms with Crippen molar-refractivity contribution in [2.24, 2.45) is 0 Å². The Kier molecular flexibility index (Phi) is 4.21. The van der Waals surface area contributed by atoms with Gasteiger partial charge in [0, 0.05) is 29.1 Å². The zero-order valence-electron chi connectivity index (χ0n) is 13.7. The van der Waals surface area contributed by atoms with E-state index in [1.807, 2.05) is 44.2 Å². The Labute approximate surface area is 140 Å². The maximum atomic E-state index is 12.5. The topological polar surface area (TPSA) is 70.2 Å². The molecule has 0 amide bonds. The van der Waals surface area contributed by atoms with Crippen molar-refractivity contribution in [3.63, 3.8) is 0 Å². The smallest absolute Gasteiger partial charge is 0.311 e. The molecular formula is C20H19NO3. The molecule has 1 heterocycles. The molecule has 4 nitrogen and oxygen atoms in total. The van der Waals surface area contributed by atoms with Gasteiger partial charge in [0.05, 0.1) is 5.92 Å². The highest BCUT2D eigenvalue weighted by Gasteiger charge is 2.26. The van der Waals surface area contributed by atoms with Gasteiger partial charge < -0.3 is 10.1 Å². The molecule has 0 saturated heterocycles. The first-order valence-corrected chi connectivity index (χ1v) is 7.86. The fourth-order valence-corrected chi connectivity index (χ4v) is 2.92. The molecule has 0 spiro atoms. The number of ketones is 1. The lowest BCUT2D eigenvalue weighted by molar-refractivity contribution is -0.138. The summed E-state index contributed by atoms with van der Waals surface area (Å²) in [6.07, 6.45) is 1.64. The average Bonchev–Trinajstić information content (AvgIpc) is 2.95. The number of aryl methyl sites for hydroxylation is 2. The van der Waals surface area contributed by atoms with Crippen molar-refractivity contribution in [2.45, 2.75) is 26.2 Å². The van der Waals surface area contributed by atoms with E-state index < -0.39 is 11.9 Å². The number of aromatic nitrogens is 1. The number of carbonyl (C=O) groups is 2. The number of aromatic amines is 1. The third-order valence-corrected chi connectivity index (χ3v) is 4.31. The van der Waals surface area contributed by atoms with Gasteiger partial charge in [-0.05, 0) is 31.5 Å². The highest BCUT2D eigenvalue weighted by Crippen LogP contribution is 2.30. The average molecular weight is 321 g/mol. The molecule has 1 unspecified atom stereocenters. The van der Waals surface area contributed by atoms with Crippen LogP contribution in [0, 0.1) is 13.8 Å². The second-order valence-corrected chi connectivity index (χ2v) is 6.18. The summed E-state index contributed by atoms with van der Waals surface area (Å²) in [7, 11) is 0. The van der Waals surface area contributed by atoms with E-state index in [4.69, 9.17) is 0 Å². The van der Waals surface area contributed by atoms with Crippen LogP contribution in [0.1, 0.15) is 39.4 Å². The lowest BCUT2D eigenvalue weighted by Gasteiger charge is -2.11. The summed E-state index contributed by atoms with van der Waals surface area (Å²) in [5, 5.41) is 10.5. The van der Waals surface area contributed by atoms with E-state index in [2.05, 4.69) is 4.98 Å². The fourth-order valence-electron chi connectivity index (χ4n) is 2.92. The molecule has 4 heteroatoms. The maximum Gasteiger partial charge on any atom is 0.311 e. The van der Waals surface area contributed by atoms with Crippen LogP contribution < -0.4 is 0 Å². The van der Waals surface area contributed by atoms with Crippen molar-refractivity contribution in [3.8, 4) is 0 Å². The normalized spacial score (nSPS) is 12.2. The number of benzene rings is 2. The van der Waals surface area contributed by atoms with E-state index in [0.29, 0.717) is 11.1 Å². The van der Waals surface area contributed by atoms with Crippen molar-refractivity contribution < 1.29 is 14.7 Å². The number of fused-ring (bicyclic) bond motifs is 1. The Morgan fingerprint density at radius 2 is 1.71 bits per heavy atom. The number of hydrogen-bond acceptors (Lipinski definition) is 2. The van der Waals surface area contributed by atoms with Crippen molar-refractivity contribution in [3.05, 3.63) is 70.9 Å². The Morgan fingerprint density at radius 1 is 1.04 bits per heavy atom. The molecule has 2 aromatic carbocycles. The van der Waals surface area contributed by atoms with E-state index >= 15 is 0 Å². The number of carboxylic acid groups (broad SMARTS) is 1. The van der Waals surface area contributed by atoms with Crippen molar-refractivity contribution in [1.29, 1.82) is 0 Å². The zero-order valence-corrected chi connectivity index (χ0v) is 13.7. The number of H-pyrrole nitrogens is 1. The predicted molar refractivity (Wildman–Crippen MR) is 93.5 cm³/mol. The highest BCUT2D eigenvalue weighted by molar-refractivity contribution is 6.00. The van der Waals surface area contributed by atoms with Crippen LogP contribution in [0.15, 0.2) is 48.7 Å². The summed E-state index contributed by atoms with van der Waals surface area (Å²) >= 11 is 0. The summed E-state index contributed by atoms with van der Waals surface area (Å²) in [4.78, 5) is 27.4. The van der Waals surface area contributed by atoms with E-state index in [-0.39, 0.29) is 12.2 Å². The number of rotatable bonds is 5. The predicted octanol–water partition coefficient (Wildman–Crippen LogP) is 4.23. The molecule has 24 heavy (non-hydrogen) atoms. The van der Waals surface area contributed by atoms with Crippen LogP contribution in [-0.2, 0) is 4.79 Å². The van der Waals surface area contributed by atoms with Gasteiger partial charge >= 0.3 is 5.97 Å². The molecule has 3 rings (SSSR count). The first-order chi connectivity index (χ1) is 11.5. The molecule has 0 aliphatic rings. The zero-order chi connectivity index (χ0) is 17.3. The summed E-state index contributed by atoms with van der Waals surface area (Å²) in [6, 6.07) is 13.1. The van der Waals surface area contributed by atoms with E-state index in [1.165, 1.54) is 0 Å². The molecule has 0 bridgehead atoms. The molecule has 1 aromatic heterocycles. The number of carboxylic acids is 1. The molecule has 0 fully saturated rings. The van der Waals surface area contributed by atoms with E-state index in [1.54, 1.807) is 18.3 Å². The molecule has 2 N–H and O–H groups in total. The van der Waals surface area contributed by atoms with Gasteiger partial charge in [0.25, 0.3) is 0 Å². The molecule has 0 saturated carbocycles. The van der Waals surface area contributed by atoms with Gasteiger partial charge in [0.2, 0.25) is 0 Å². The summed E-state index contributed by atoms with van der Waals surface area (Å²) in [6.45, 7) is 3.91. The van der Waals surface area contributed by atoms with Crippen LogP contribution in [0.4, 0.5) is 0 Å². The maximum absolute atomic E-state index is 12.5. The molecule has 0 aliphatic heterocycles. The number of carbonyl (C=O) groups excluding carboxylic acids is 1. The first kappa shape index (κ1) is 16.0. The van der Waals surface area contributed by atoms with Crippen LogP contribution in [0.3, 0.4) is 0 Å². The summed E-state index contributed by atoms with van der Waals surface area (Å²) in [5.41, 5.74) is 4.19. The molecular weight excluding hydrogens is 302 g/mol. The van der Waals surface area contributed by atoms with Crippen LogP contribution in [0.2, 0.25) is 0 Å². The van der Waals surface area contributed by atoms with Crippen molar-refractivity contribution in [2.75, 3.05) is 0 Å². The number of aliphatic carboxylic acids is 1. The summed E-state index contributed by atoms with van der Waals surface area (Å²) in [5.74, 6) is -2.02. The lowest BCUT2D eigenvalue weighted by atomic mass is 9.91. The van der Waals surface area contributed by atoms with Gasteiger partial charge in [0.1, 0.15) is 0 Å². The van der Waals surface area contributed by atoms with E-state index in [9.17, 15) is 14.7 Å². The second kappa shape index (κ2) is 6.32. The number of Topliss-reactive ketones (excluding diaryl/α,β-unsaturated/α-hetero) is 1. The van der Waals surface area contributed by atoms with Crippen molar-refractivity contribution >= 4 is 22.7 Å². The highest BCUT2D eigenvalue weighted by atomic mass is 16.4. The van der Waals surface area contributed by atoms with Gasteiger partial charge in [-0.2, -0.15) is 0 Å². The second-order valence-electron chi connectivity index (χ2n) is 6.18. The third kappa shape index (κ3) is 3.08. The Bertz CT molecular complexity index is 906. The van der Waals surface area contributed by atoms with Gasteiger partial charge in [-0.3, -0.25) is 9.59 Å². The first-order valence-electron chi connectivity index (χ1n) is 7.86. The quantitative estimate of drug-likeness (QED) is 0.691. The van der Waals surface area contributed by atoms with Gasteiger partial charge in [0.15, 0.2) is 5.78 Å². The molecule has 0 radical (unpaired) electrons. The Morgan fingerprint density at radius 3 is 2.38 bits per heavy atom. The van der Waals surface area contributed by atoms with E-state index in [0.717, 1.165) is 22.0 Å². The Hall–Kier alpha value is -2.88. The van der Waals surface area contributed by atoms with Crippen LogP contribution in [-0.4, -0.2) is 21.8 Å². The molecule has 3 aromatic rings. The third-order valence-electron chi connectivity index (χ3n) is 4.31. The van der Waals surface area contributed by atoms with Gasteiger partial charge in [-0.15, -0.1) is 0 Å². The van der Waals surface area contributed by atoms with Gasteiger partial charge in [-0.1, -0.05) is 41.5 Å². The van der Waals surface area contributed by atoms with Crippen LogP contribution in [0.25, 0.3) is 10.9 Å². The lowest BCUT2D eigenvalue weighted by Crippen LogP contribution is -2.16. The monoisotopic (exact) mass is 321 g/mol. The molecule has 0 aliphatic carbocycles. The van der Waals surface area contributed by atoms with Crippen molar-refractivity contribution in [1.82, 2.24) is 4.98 Å². The largest absolute Gasteiger partial charge is 0.481 e. The fraction of sp³-hybridized carbons (Fsp3) is 0.200. The number of hydrogen-bond donors (Lipinski definition) is 2. The van der Waals surface area contributed by atoms with Crippen LogP contribution in [0.5, 0.6) is 0 Å². The minimum absolute atomic E-state index is 0.0563. The minimum Gasteiger partial charge on any atom is -0.481 e. The summed E-state index contributed by atoms with van der Waals surface area (Å²) < 4.78 is 0. The standard InChI is InChI=1S/C20H19NO3/c1-12-3-6-14(7-4-12)19(22)10-16(20(23)24)17-11-21-18-8-5-13(2)9-15(17)18/h3-9,11,16,21H,10H2,1-2H3,(H,23,24). The Balaban J connectivity index is 1.94. The SMILES string of the molecule is Cc1ccc(C(=O)CC(C(=O)O)c2c[nH]c3ccc(C)cc23)cc1. The molecule has 1 atom stereocenters.